The van der Waals surface area contributed by atoms with Crippen molar-refractivity contribution in [2.75, 3.05) is 23.7 Å². The fourth-order valence-electron chi connectivity index (χ4n) is 3.89. The van der Waals surface area contributed by atoms with Crippen LogP contribution in [0.5, 0.6) is 0 Å². The van der Waals surface area contributed by atoms with E-state index in [4.69, 9.17) is 0 Å². The summed E-state index contributed by atoms with van der Waals surface area (Å²) in [6, 6.07) is 7.82. The normalized spacial score (nSPS) is 18.9. The third-order valence-electron chi connectivity index (χ3n) is 5.69. The van der Waals surface area contributed by atoms with Crippen LogP contribution in [0.3, 0.4) is 0 Å². The van der Waals surface area contributed by atoms with Crippen LogP contribution < -0.4 is 16.1 Å². The van der Waals surface area contributed by atoms with E-state index in [1.165, 1.54) is 0 Å². The van der Waals surface area contributed by atoms with E-state index in [0.29, 0.717) is 6.54 Å². The van der Waals surface area contributed by atoms with Gasteiger partial charge in [-0.1, -0.05) is 12.1 Å². The van der Waals surface area contributed by atoms with Gasteiger partial charge < -0.3 is 15.6 Å². The number of fused-ring (bicyclic) bond motifs is 1. The third-order valence-corrected chi connectivity index (χ3v) is 5.69. The topological polar surface area (TPSA) is 77.2 Å². The summed E-state index contributed by atoms with van der Waals surface area (Å²) in [5.41, 5.74) is 3.89. The van der Waals surface area contributed by atoms with Gasteiger partial charge in [0.1, 0.15) is 5.54 Å². The van der Waals surface area contributed by atoms with Gasteiger partial charge in [-0.05, 0) is 38.8 Å². The van der Waals surface area contributed by atoms with Gasteiger partial charge in [0.25, 0.3) is 0 Å². The minimum Gasteiger partial charge on any atom is -0.369 e. The molecule has 26 heavy (non-hydrogen) atoms. The first kappa shape index (κ1) is 16.8. The number of H-pyrrole nitrogens is 1. The lowest BCUT2D eigenvalue weighted by molar-refractivity contribution is -0.122. The number of para-hydroxylation sites is 2. The number of hydrogen-bond acceptors (Lipinski definition) is 4. The van der Waals surface area contributed by atoms with Crippen LogP contribution in [0.25, 0.3) is 0 Å². The van der Waals surface area contributed by atoms with Gasteiger partial charge in [0.05, 0.1) is 11.4 Å². The fourth-order valence-corrected chi connectivity index (χ4v) is 3.89. The molecule has 136 valence electrons. The summed E-state index contributed by atoms with van der Waals surface area (Å²) in [6.45, 7) is 6.01. The molecule has 0 radical (unpaired) electrons. The van der Waals surface area contributed by atoms with Crippen LogP contribution >= 0.6 is 0 Å². The number of hydrogen-bond donors (Lipinski definition) is 3. The molecule has 6 heteroatoms. The lowest BCUT2D eigenvalue weighted by atomic mass is 9.84. The van der Waals surface area contributed by atoms with Crippen molar-refractivity contribution in [3.05, 3.63) is 57.5 Å². The molecule has 1 aromatic heterocycles. The molecular weight excluding hydrogens is 328 g/mol. The van der Waals surface area contributed by atoms with Crippen LogP contribution in [0.4, 0.5) is 11.4 Å². The van der Waals surface area contributed by atoms with Gasteiger partial charge in [-0.2, -0.15) is 0 Å². The lowest BCUT2D eigenvalue weighted by Gasteiger charge is -2.44. The number of likely N-dealkylation sites (tertiary alicyclic amines) is 1. The summed E-state index contributed by atoms with van der Waals surface area (Å²) in [5.74, 6) is 0.0516. The Morgan fingerprint density at radius 1 is 1.08 bits per heavy atom. The molecule has 0 bridgehead atoms. The standard InChI is InChI=1S/C20H24N4O2/c1-13-11-21-17(14(2)18(13)25)12-24-9-7-20(8-10-24)19(26)22-15-5-3-4-6-16(15)23-20/h3-6,11,23H,7-10,12H2,1-2H3,(H,21,25)(H,22,26). The first-order valence-corrected chi connectivity index (χ1v) is 9.07. The maximum atomic E-state index is 12.7. The van der Waals surface area contributed by atoms with Gasteiger partial charge in [-0.15, -0.1) is 0 Å². The fraction of sp³-hybridized carbons (Fsp3) is 0.400. The van der Waals surface area contributed by atoms with Gasteiger partial charge >= 0.3 is 0 Å². The van der Waals surface area contributed by atoms with E-state index in [1.54, 1.807) is 6.20 Å². The number of pyridine rings is 1. The van der Waals surface area contributed by atoms with Crippen molar-refractivity contribution < 1.29 is 4.79 Å². The highest BCUT2D eigenvalue weighted by Gasteiger charge is 2.44. The van der Waals surface area contributed by atoms with Crippen molar-refractivity contribution in [2.24, 2.45) is 0 Å². The summed E-state index contributed by atoms with van der Waals surface area (Å²) in [5, 5.41) is 6.52. The Morgan fingerprint density at radius 3 is 2.50 bits per heavy atom. The highest BCUT2D eigenvalue weighted by Crippen LogP contribution is 2.36. The van der Waals surface area contributed by atoms with Crippen molar-refractivity contribution in [2.45, 2.75) is 38.8 Å². The molecule has 0 saturated carbocycles. The Balaban J connectivity index is 1.47. The molecule has 1 spiro atoms. The maximum absolute atomic E-state index is 12.7. The first-order valence-electron chi connectivity index (χ1n) is 9.07. The van der Waals surface area contributed by atoms with E-state index in [1.807, 2.05) is 38.1 Å². The summed E-state index contributed by atoms with van der Waals surface area (Å²) in [6.07, 6.45) is 3.26. The van der Waals surface area contributed by atoms with Crippen molar-refractivity contribution in [3.63, 3.8) is 0 Å². The average molecular weight is 352 g/mol. The summed E-state index contributed by atoms with van der Waals surface area (Å²) in [7, 11) is 0. The average Bonchev–Trinajstić information content (AvgIpc) is 2.65. The van der Waals surface area contributed by atoms with Gasteiger partial charge in [0.2, 0.25) is 5.91 Å². The molecule has 2 aromatic rings. The van der Waals surface area contributed by atoms with Crippen LogP contribution in [0.2, 0.25) is 0 Å². The Kier molecular flexibility index (Phi) is 4.07. The number of nitrogens with one attached hydrogen (secondary N) is 3. The van der Waals surface area contributed by atoms with Crippen molar-refractivity contribution >= 4 is 17.3 Å². The molecule has 1 saturated heterocycles. The zero-order valence-corrected chi connectivity index (χ0v) is 15.2. The minimum absolute atomic E-state index is 0.0516. The Bertz CT molecular complexity index is 910. The van der Waals surface area contributed by atoms with Crippen LogP contribution in [-0.4, -0.2) is 34.4 Å². The number of aromatic amines is 1. The van der Waals surface area contributed by atoms with E-state index >= 15 is 0 Å². The Morgan fingerprint density at radius 2 is 1.77 bits per heavy atom. The third kappa shape index (κ3) is 2.80. The number of carbonyl (C=O) groups is 1. The summed E-state index contributed by atoms with van der Waals surface area (Å²) < 4.78 is 0. The zero-order valence-electron chi connectivity index (χ0n) is 15.2. The number of aromatic nitrogens is 1. The predicted octanol–water partition coefficient (Wildman–Crippen LogP) is 2.39. The molecule has 1 aromatic carbocycles. The number of rotatable bonds is 2. The number of benzene rings is 1. The SMILES string of the molecule is Cc1c[nH]c(CN2CCC3(CC2)Nc2ccccc2NC3=O)c(C)c1=O. The van der Waals surface area contributed by atoms with Crippen LogP contribution in [0.15, 0.2) is 35.3 Å². The van der Waals surface area contributed by atoms with E-state index in [0.717, 1.165) is 54.1 Å². The monoisotopic (exact) mass is 352 g/mol. The number of amides is 1. The Hall–Kier alpha value is -2.60. The number of nitrogens with zero attached hydrogens (tertiary/aromatic N) is 1. The van der Waals surface area contributed by atoms with Crippen molar-refractivity contribution in [3.8, 4) is 0 Å². The second-order valence-electron chi connectivity index (χ2n) is 7.39. The summed E-state index contributed by atoms with van der Waals surface area (Å²) in [4.78, 5) is 30.4. The number of anilines is 2. The van der Waals surface area contributed by atoms with E-state index in [2.05, 4.69) is 20.5 Å². The highest BCUT2D eigenvalue weighted by molar-refractivity contribution is 6.06. The molecule has 0 unspecified atom stereocenters. The van der Waals surface area contributed by atoms with Gasteiger partial charge in [0, 0.05) is 42.7 Å². The molecule has 3 heterocycles. The Labute approximate surface area is 152 Å². The zero-order chi connectivity index (χ0) is 18.3. The highest BCUT2D eigenvalue weighted by atomic mass is 16.2. The van der Waals surface area contributed by atoms with Crippen molar-refractivity contribution in [1.82, 2.24) is 9.88 Å². The molecular formula is C20H24N4O2. The maximum Gasteiger partial charge on any atom is 0.250 e. The molecule has 6 nitrogen and oxygen atoms in total. The molecule has 4 rings (SSSR count). The van der Waals surface area contributed by atoms with Crippen LogP contribution in [0, 0.1) is 13.8 Å². The van der Waals surface area contributed by atoms with Gasteiger partial charge in [0.15, 0.2) is 5.43 Å². The van der Waals surface area contributed by atoms with Crippen LogP contribution in [-0.2, 0) is 11.3 Å². The molecule has 0 aliphatic carbocycles. The molecule has 1 fully saturated rings. The molecule has 3 N–H and O–H groups in total. The molecule has 2 aliphatic heterocycles. The largest absolute Gasteiger partial charge is 0.369 e. The van der Waals surface area contributed by atoms with E-state index < -0.39 is 5.54 Å². The van der Waals surface area contributed by atoms with Crippen LogP contribution in [0.1, 0.15) is 29.7 Å². The van der Waals surface area contributed by atoms with Gasteiger partial charge in [-0.25, -0.2) is 0 Å². The molecule has 1 amide bonds. The van der Waals surface area contributed by atoms with E-state index in [9.17, 15) is 9.59 Å². The quantitative estimate of drug-likeness (QED) is 0.776. The first-order chi connectivity index (χ1) is 12.5. The summed E-state index contributed by atoms with van der Waals surface area (Å²) >= 11 is 0. The predicted molar refractivity (Wildman–Crippen MR) is 102 cm³/mol. The van der Waals surface area contributed by atoms with E-state index in [-0.39, 0.29) is 11.3 Å². The lowest BCUT2D eigenvalue weighted by Crippen LogP contribution is -2.58. The van der Waals surface area contributed by atoms with Gasteiger partial charge in [-0.3, -0.25) is 14.5 Å². The smallest absolute Gasteiger partial charge is 0.250 e. The number of piperidine rings is 1. The second-order valence-corrected chi connectivity index (χ2v) is 7.39. The number of carbonyl (C=O) groups excluding carboxylic acids is 1. The van der Waals surface area contributed by atoms with Crippen molar-refractivity contribution in [1.29, 1.82) is 0 Å². The molecule has 0 atom stereocenters. The molecule has 2 aliphatic rings. The second kappa shape index (κ2) is 6.29. The minimum atomic E-state index is -0.541. The number of aryl methyl sites for hydroxylation is 1.